The van der Waals surface area contributed by atoms with Crippen LogP contribution in [0.5, 0.6) is 0 Å². The van der Waals surface area contributed by atoms with Gasteiger partial charge in [0.2, 0.25) is 5.91 Å². The fraction of sp³-hybridized carbons (Fsp3) is 0.625. The van der Waals surface area contributed by atoms with Gasteiger partial charge in [0.25, 0.3) is 0 Å². The molecular formula is C8H15NO. The van der Waals surface area contributed by atoms with Gasteiger partial charge < -0.3 is 5.32 Å². The van der Waals surface area contributed by atoms with Crippen LogP contribution in [0.4, 0.5) is 0 Å². The van der Waals surface area contributed by atoms with Crippen molar-refractivity contribution in [3.05, 3.63) is 12.7 Å². The number of carbonyl (C=O) groups is 1. The summed E-state index contributed by atoms with van der Waals surface area (Å²) >= 11 is 0. The van der Waals surface area contributed by atoms with E-state index in [4.69, 9.17) is 0 Å². The number of nitrogens with one attached hydrogen (secondary N) is 1. The molecule has 0 fully saturated rings. The van der Waals surface area contributed by atoms with Gasteiger partial charge in [-0.25, -0.2) is 0 Å². The SMILES string of the molecule is C=CCNC(=O)C(C)CC. The highest BCUT2D eigenvalue weighted by molar-refractivity contribution is 5.78. The van der Waals surface area contributed by atoms with Crippen molar-refractivity contribution in [3.8, 4) is 0 Å². The van der Waals surface area contributed by atoms with E-state index in [-0.39, 0.29) is 11.8 Å². The Hall–Kier alpha value is -0.790. The Labute approximate surface area is 62.3 Å². The first-order chi connectivity index (χ1) is 4.72. The first kappa shape index (κ1) is 9.21. The molecule has 0 radical (unpaired) electrons. The van der Waals surface area contributed by atoms with Crippen molar-refractivity contribution in [1.82, 2.24) is 5.32 Å². The van der Waals surface area contributed by atoms with Crippen LogP contribution in [0.25, 0.3) is 0 Å². The number of amides is 1. The van der Waals surface area contributed by atoms with E-state index in [1.807, 2.05) is 13.8 Å². The van der Waals surface area contributed by atoms with Crippen molar-refractivity contribution in [2.45, 2.75) is 20.3 Å². The van der Waals surface area contributed by atoms with Crippen LogP contribution in [0.1, 0.15) is 20.3 Å². The van der Waals surface area contributed by atoms with Gasteiger partial charge >= 0.3 is 0 Å². The maximum atomic E-state index is 11.0. The fourth-order valence-electron chi connectivity index (χ4n) is 0.532. The Morgan fingerprint density at radius 1 is 1.80 bits per heavy atom. The van der Waals surface area contributed by atoms with Gasteiger partial charge in [-0.3, -0.25) is 4.79 Å². The van der Waals surface area contributed by atoms with Crippen molar-refractivity contribution >= 4 is 5.91 Å². The van der Waals surface area contributed by atoms with Crippen molar-refractivity contribution in [1.29, 1.82) is 0 Å². The Bertz CT molecular complexity index is 120. The molecule has 1 amide bonds. The number of rotatable bonds is 4. The lowest BCUT2D eigenvalue weighted by Crippen LogP contribution is -2.28. The molecule has 1 N–H and O–H groups in total. The van der Waals surface area contributed by atoms with Crippen LogP contribution >= 0.6 is 0 Å². The van der Waals surface area contributed by atoms with Gasteiger partial charge in [-0.05, 0) is 6.42 Å². The third-order valence-electron chi connectivity index (χ3n) is 1.48. The quantitative estimate of drug-likeness (QED) is 0.588. The lowest BCUT2D eigenvalue weighted by atomic mass is 10.1. The number of carbonyl (C=O) groups excluding carboxylic acids is 1. The molecule has 0 aromatic rings. The van der Waals surface area contributed by atoms with Gasteiger partial charge in [-0.15, -0.1) is 6.58 Å². The lowest BCUT2D eigenvalue weighted by molar-refractivity contribution is -0.124. The second-order valence-corrected chi connectivity index (χ2v) is 2.34. The monoisotopic (exact) mass is 141 g/mol. The Kier molecular flexibility index (Phi) is 4.63. The van der Waals surface area contributed by atoms with Crippen LogP contribution < -0.4 is 5.32 Å². The van der Waals surface area contributed by atoms with Gasteiger partial charge in [-0.2, -0.15) is 0 Å². The first-order valence-electron chi connectivity index (χ1n) is 3.61. The van der Waals surface area contributed by atoms with Gasteiger partial charge in [0.1, 0.15) is 0 Å². The van der Waals surface area contributed by atoms with Crippen molar-refractivity contribution in [3.63, 3.8) is 0 Å². The van der Waals surface area contributed by atoms with Crippen molar-refractivity contribution < 1.29 is 4.79 Å². The van der Waals surface area contributed by atoms with E-state index in [1.165, 1.54) is 0 Å². The molecule has 0 heterocycles. The largest absolute Gasteiger partial charge is 0.352 e. The van der Waals surface area contributed by atoms with Crippen LogP contribution in [0.15, 0.2) is 12.7 Å². The molecule has 0 aliphatic carbocycles. The normalized spacial score (nSPS) is 12.2. The predicted molar refractivity (Wildman–Crippen MR) is 42.7 cm³/mol. The van der Waals surface area contributed by atoms with Gasteiger partial charge in [0.15, 0.2) is 0 Å². The summed E-state index contributed by atoms with van der Waals surface area (Å²) in [6.07, 6.45) is 2.57. The maximum absolute atomic E-state index is 11.0. The smallest absolute Gasteiger partial charge is 0.223 e. The topological polar surface area (TPSA) is 29.1 Å². The summed E-state index contributed by atoms with van der Waals surface area (Å²) < 4.78 is 0. The molecule has 58 valence electrons. The zero-order chi connectivity index (χ0) is 7.98. The highest BCUT2D eigenvalue weighted by Crippen LogP contribution is 1.98. The first-order valence-corrected chi connectivity index (χ1v) is 3.61. The van der Waals surface area contributed by atoms with Gasteiger partial charge in [-0.1, -0.05) is 19.9 Å². The molecule has 0 saturated heterocycles. The molecule has 0 rings (SSSR count). The zero-order valence-corrected chi connectivity index (χ0v) is 6.68. The standard InChI is InChI=1S/C8H15NO/c1-4-6-9-8(10)7(3)5-2/h4,7H,1,5-6H2,2-3H3,(H,9,10). The summed E-state index contributed by atoms with van der Waals surface area (Å²) in [5, 5.41) is 2.73. The molecule has 0 aliphatic heterocycles. The number of hydrogen-bond acceptors (Lipinski definition) is 1. The minimum atomic E-state index is 0.113. The van der Waals surface area contributed by atoms with Crippen LogP contribution in [-0.4, -0.2) is 12.5 Å². The molecule has 0 spiro atoms. The minimum absolute atomic E-state index is 0.113. The lowest BCUT2D eigenvalue weighted by Gasteiger charge is -2.06. The highest BCUT2D eigenvalue weighted by atomic mass is 16.1. The predicted octanol–water partition coefficient (Wildman–Crippen LogP) is 1.33. The summed E-state index contributed by atoms with van der Waals surface area (Å²) in [6.45, 7) is 7.99. The fourth-order valence-corrected chi connectivity index (χ4v) is 0.532. The minimum Gasteiger partial charge on any atom is -0.352 e. The Morgan fingerprint density at radius 2 is 2.40 bits per heavy atom. The third-order valence-corrected chi connectivity index (χ3v) is 1.48. The van der Waals surface area contributed by atoms with Crippen LogP contribution in [-0.2, 0) is 4.79 Å². The van der Waals surface area contributed by atoms with E-state index in [0.717, 1.165) is 6.42 Å². The second-order valence-electron chi connectivity index (χ2n) is 2.34. The maximum Gasteiger partial charge on any atom is 0.223 e. The van der Waals surface area contributed by atoms with E-state index in [1.54, 1.807) is 6.08 Å². The molecule has 1 unspecified atom stereocenters. The molecule has 0 saturated carbocycles. The van der Waals surface area contributed by atoms with Gasteiger partial charge in [0.05, 0.1) is 0 Å². The molecule has 2 heteroatoms. The second kappa shape index (κ2) is 5.03. The van der Waals surface area contributed by atoms with E-state index in [2.05, 4.69) is 11.9 Å². The summed E-state index contributed by atoms with van der Waals surface area (Å²) in [4.78, 5) is 11.0. The number of hydrogen-bond donors (Lipinski definition) is 1. The van der Waals surface area contributed by atoms with Crippen LogP contribution in [0, 0.1) is 5.92 Å². The Morgan fingerprint density at radius 3 is 2.80 bits per heavy atom. The van der Waals surface area contributed by atoms with Crippen molar-refractivity contribution in [2.24, 2.45) is 5.92 Å². The molecule has 0 aliphatic rings. The van der Waals surface area contributed by atoms with Gasteiger partial charge in [0, 0.05) is 12.5 Å². The average Bonchev–Trinajstić information content (AvgIpc) is 1.98. The van der Waals surface area contributed by atoms with E-state index in [0.29, 0.717) is 6.54 Å². The molecule has 0 bridgehead atoms. The molecular weight excluding hydrogens is 126 g/mol. The average molecular weight is 141 g/mol. The summed E-state index contributed by atoms with van der Waals surface area (Å²) in [5.41, 5.74) is 0. The molecule has 2 nitrogen and oxygen atoms in total. The molecule has 0 aromatic heterocycles. The molecule has 1 atom stereocenters. The van der Waals surface area contributed by atoms with Crippen LogP contribution in [0.2, 0.25) is 0 Å². The Balaban J connectivity index is 3.51. The molecule has 10 heavy (non-hydrogen) atoms. The summed E-state index contributed by atoms with van der Waals surface area (Å²) in [6, 6.07) is 0. The van der Waals surface area contributed by atoms with E-state index >= 15 is 0 Å². The van der Waals surface area contributed by atoms with Crippen molar-refractivity contribution in [2.75, 3.05) is 6.54 Å². The van der Waals surface area contributed by atoms with E-state index < -0.39 is 0 Å². The molecule has 0 aromatic carbocycles. The van der Waals surface area contributed by atoms with Crippen LogP contribution in [0.3, 0.4) is 0 Å². The summed E-state index contributed by atoms with van der Waals surface area (Å²) in [7, 11) is 0. The van der Waals surface area contributed by atoms with E-state index in [9.17, 15) is 4.79 Å². The zero-order valence-electron chi connectivity index (χ0n) is 6.68. The highest BCUT2D eigenvalue weighted by Gasteiger charge is 2.07. The third kappa shape index (κ3) is 3.28. The summed E-state index contributed by atoms with van der Waals surface area (Å²) in [5.74, 6) is 0.238.